The average molecular weight is 691 g/mol. The fraction of sp³-hybridized carbons (Fsp3) is 0.394. The number of aromatic nitrogens is 2. The van der Waals surface area contributed by atoms with Gasteiger partial charge in [-0.05, 0) is 80.8 Å². The molecule has 2 aliphatic rings. The smallest absolute Gasteiger partial charge is 0.268 e. The zero-order chi connectivity index (χ0) is 33.0. The van der Waals surface area contributed by atoms with Crippen LogP contribution in [-0.2, 0) is 19.5 Å². The SMILES string of the molecule is COC1=CC=C(CN(c2ccncn2)S(=O)(=O)c2cc(Cl)c(NC3CC[C@H](c4cccc(Cl)c4)C[C@@H]3N(C)C)cc2F)C(OC)C1. The summed E-state index contributed by atoms with van der Waals surface area (Å²) in [5, 5.41) is 4.22. The Hall–Kier alpha value is -3.22. The van der Waals surface area contributed by atoms with E-state index in [-0.39, 0.29) is 29.5 Å². The number of nitrogens with one attached hydrogen (secondary N) is 1. The number of anilines is 2. The molecule has 0 bridgehead atoms. The summed E-state index contributed by atoms with van der Waals surface area (Å²) in [5.41, 5.74) is 2.18. The number of likely N-dealkylation sites (N-methyl/N-ethyl adjacent to an activating group) is 1. The van der Waals surface area contributed by atoms with Crippen LogP contribution in [0.5, 0.6) is 0 Å². The first kappa shape index (κ1) is 34.1. The van der Waals surface area contributed by atoms with Crippen molar-refractivity contribution in [3.05, 3.63) is 99.9 Å². The molecule has 0 radical (unpaired) electrons. The van der Waals surface area contributed by atoms with E-state index in [0.29, 0.717) is 34.4 Å². The lowest BCUT2D eigenvalue weighted by molar-refractivity contribution is 0.111. The van der Waals surface area contributed by atoms with E-state index in [4.69, 9.17) is 32.7 Å². The van der Waals surface area contributed by atoms with E-state index in [1.54, 1.807) is 19.3 Å². The normalized spacial score (nSPS) is 21.8. The molecule has 0 aliphatic heterocycles. The highest BCUT2D eigenvalue weighted by molar-refractivity contribution is 7.92. The maximum Gasteiger partial charge on any atom is 0.268 e. The Morgan fingerprint density at radius 3 is 2.57 bits per heavy atom. The number of hydrogen-bond acceptors (Lipinski definition) is 8. The molecule has 246 valence electrons. The van der Waals surface area contributed by atoms with Crippen molar-refractivity contribution in [1.29, 1.82) is 0 Å². The predicted octanol–water partition coefficient (Wildman–Crippen LogP) is 6.67. The van der Waals surface area contributed by atoms with Crippen LogP contribution in [-0.4, -0.2) is 76.3 Å². The predicted molar refractivity (Wildman–Crippen MR) is 179 cm³/mol. The molecule has 2 aromatic carbocycles. The van der Waals surface area contributed by atoms with Gasteiger partial charge in [-0.25, -0.2) is 27.1 Å². The molecule has 1 aromatic heterocycles. The third-order valence-electron chi connectivity index (χ3n) is 8.71. The van der Waals surface area contributed by atoms with Crippen LogP contribution in [0.3, 0.4) is 0 Å². The minimum absolute atomic E-state index is 0.0448. The average Bonchev–Trinajstić information content (AvgIpc) is 3.05. The van der Waals surface area contributed by atoms with E-state index in [1.165, 1.54) is 31.3 Å². The van der Waals surface area contributed by atoms with Crippen molar-refractivity contribution in [1.82, 2.24) is 14.9 Å². The van der Waals surface area contributed by atoms with Gasteiger partial charge in [0.15, 0.2) is 0 Å². The van der Waals surface area contributed by atoms with Gasteiger partial charge in [-0.2, -0.15) is 0 Å². The first-order chi connectivity index (χ1) is 22.0. The van der Waals surface area contributed by atoms with E-state index < -0.39 is 26.8 Å². The highest BCUT2D eigenvalue weighted by atomic mass is 35.5. The fourth-order valence-electron chi connectivity index (χ4n) is 6.22. The summed E-state index contributed by atoms with van der Waals surface area (Å²) in [7, 11) is 2.65. The summed E-state index contributed by atoms with van der Waals surface area (Å²) in [6.45, 7) is -0.136. The lowest BCUT2D eigenvalue weighted by Gasteiger charge is -2.41. The highest BCUT2D eigenvalue weighted by Crippen LogP contribution is 2.39. The van der Waals surface area contributed by atoms with E-state index in [1.807, 2.05) is 32.3 Å². The Morgan fingerprint density at radius 2 is 1.89 bits per heavy atom. The number of halogens is 3. The Labute approximate surface area is 280 Å². The first-order valence-corrected chi connectivity index (χ1v) is 17.1. The summed E-state index contributed by atoms with van der Waals surface area (Å²) in [6, 6.07) is 11.8. The fourth-order valence-corrected chi connectivity index (χ4v) is 8.18. The van der Waals surface area contributed by atoms with Crippen molar-refractivity contribution >= 4 is 44.7 Å². The summed E-state index contributed by atoms with van der Waals surface area (Å²) >= 11 is 13.0. The molecule has 1 heterocycles. The Balaban J connectivity index is 1.42. The number of nitrogens with zero attached hydrogens (tertiary/aromatic N) is 4. The molecular formula is C33H38Cl2FN5O4S. The molecule has 2 aliphatic carbocycles. The van der Waals surface area contributed by atoms with Crippen LogP contribution in [0.1, 0.15) is 37.2 Å². The van der Waals surface area contributed by atoms with Crippen LogP contribution in [0.4, 0.5) is 15.9 Å². The molecule has 2 unspecified atom stereocenters. The molecule has 0 saturated heterocycles. The zero-order valence-electron chi connectivity index (χ0n) is 26.2. The molecule has 0 spiro atoms. The summed E-state index contributed by atoms with van der Waals surface area (Å²) in [5.74, 6) is 0.172. The first-order valence-electron chi connectivity index (χ1n) is 14.9. The Kier molecular flexibility index (Phi) is 10.9. The molecule has 4 atom stereocenters. The molecular weight excluding hydrogens is 652 g/mol. The van der Waals surface area contributed by atoms with E-state index in [9.17, 15) is 8.42 Å². The third kappa shape index (κ3) is 7.50. The van der Waals surface area contributed by atoms with Crippen molar-refractivity contribution in [3.8, 4) is 0 Å². The van der Waals surface area contributed by atoms with Gasteiger partial charge in [0.05, 0.1) is 36.2 Å². The van der Waals surface area contributed by atoms with Gasteiger partial charge in [0.2, 0.25) is 0 Å². The second-order valence-electron chi connectivity index (χ2n) is 11.7. The van der Waals surface area contributed by atoms with Gasteiger partial charge in [-0.15, -0.1) is 0 Å². The number of ether oxygens (including phenoxy) is 2. The third-order valence-corrected chi connectivity index (χ3v) is 11.0. The van der Waals surface area contributed by atoms with Crippen LogP contribution >= 0.6 is 23.2 Å². The van der Waals surface area contributed by atoms with Crippen molar-refractivity contribution < 1.29 is 22.3 Å². The second kappa shape index (κ2) is 14.7. The van der Waals surface area contributed by atoms with Crippen LogP contribution in [0.25, 0.3) is 0 Å². The largest absolute Gasteiger partial charge is 0.501 e. The number of hydrogen-bond donors (Lipinski definition) is 1. The summed E-state index contributed by atoms with van der Waals surface area (Å²) in [4.78, 5) is 9.67. The topological polar surface area (TPSA) is 96.9 Å². The van der Waals surface area contributed by atoms with Gasteiger partial charge in [0.1, 0.15) is 22.9 Å². The van der Waals surface area contributed by atoms with Gasteiger partial charge in [0.25, 0.3) is 10.0 Å². The van der Waals surface area contributed by atoms with E-state index in [2.05, 4.69) is 26.3 Å². The number of rotatable bonds is 11. The molecule has 9 nitrogen and oxygen atoms in total. The van der Waals surface area contributed by atoms with E-state index in [0.717, 1.165) is 35.7 Å². The minimum atomic E-state index is -4.48. The lowest BCUT2D eigenvalue weighted by Crippen LogP contribution is -2.47. The Bertz CT molecular complexity index is 1710. The monoisotopic (exact) mass is 689 g/mol. The maximum absolute atomic E-state index is 15.9. The van der Waals surface area contributed by atoms with Gasteiger partial charge in [-0.3, -0.25) is 0 Å². The molecule has 3 aromatic rings. The van der Waals surface area contributed by atoms with Crippen LogP contribution in [0.15, 0.2) is 83.4 Å². The molecule has 46 heavy (non-hydrogen) atoms. The summed E-state index contributed by atoms with van der Waals surface area (Å²) < 4.78 is 56.3. The van der Waals surface area contributed by atoms with Crippen molar-refractivity contribution in [2.24, 2.45) is 0 Å². The quantitative estimate of drug-likeness (QED) is 0.239. The van der Waals surface area contributed by atoms with Crippen LogP contribution < -0.4 is 9.62 Å². The molecule has 1 N–H and O–H groups in total. The maximum atomic E-state index is 15.9. The Morgan fingerprint density at radius 1 is 1.09 bits per heavy atom. The van der Waals surface area contributed by atoms with Crippen molar-refractivity contribution in [3.63, 3.8) is 0 Å². The van der Waals surface area contributed by atoms with E-state index >= 15 is 4.39 Å². The molecule has 1 saturated carbocycles. The number of allylic oxidation sites excluding steroid dienone is 2. The van der Waals surface area contributed by atoms with Crippen LogP contribution in [0.2, 0.25) is 10.0 Å². The standard InChI is InChI=1S/C33H38Cl2FN5O4S/c1-40(2)30-15-22(21-6-5-7-24(34)14-21)9-11-28(30)39-29-18-27(36)32(17-26(29)35)46(42,43)41(33-12-13-37-20-38-33)19-23-8-10-25(44-3)16-31(23)45-4/h5-8,10,12-14,17-18,20,22,28,30-31,39H,9,11,15-16,19H2,1-4H3/t22-,28?,30-,31?/m0/s1. The molecule has 1 fully saturated rings. The van der Waals surface area contributed by atoms with Crippen molar-refractivity contribution in [2.75, 3.05) is 44.5 Å². The van der Waals surface area contributed by atoms with Crippen LogP contribution in [0, 0.1) is 5.82 Å². The lowest BCUT2D eigenvalue weighted by atomic mass is 9.78. The minimum Gasteiger partial charge on any atom is -0.501 e. The van der Waals surface area contributed by atoms with Gasteiger partial charge in [-0.1, -0.05) is 41.4 Å². The zero-order valence-corrected chi connectivity index (χ0v) is 28.5. The van der Waals surface area contributed by atoms with Gasteiger partial charge >= 0.3 is 0 Å². The molecule has 5 rings (SSSR count). The summed E-state index contributed by atoms with van der Waals surface area (Å²) in [6.07, 6.45) is 8.72. The number of methoxy groups -OCH3 is 2. The number of benzene rings is 2. The van der Waals surface area contributed by atoms with Crippen molar-refractivity contribution in [2.45, 2.75) is 54.7 Å². The second-order valence-corrected chi connectivity index (χ2v) is 14.4. The number of sulfonamides is 1. The molecule has 13 heteroatoms. The van der Waals surface area contributed by atoms with Gasteiger partial charge < -0.3 is 19.7 Å². The van der Waals surface area contributed by atoms with Gasteiger partial charge in [0, 0.05) is 42.9 Å². The highest BCUT2D eigenvalue weighted by Gasteiger charge is 2.35. The molecule has 0 amide bonds.